The van der Waals surface area contributed by atoms with Gasteiger partial charge in [-0.15, -0.1) is 11.3 Å². The van der Waals surface area contributed by atoms with E-state index in [4.69, 9.17) is 4.98 Å². The normalized spacial score (nSPS) is 16.0. The Bertz CT molecular complexity index is 1250. The molecular weight excluding hydrogens is 437 g/mol. The van der Waals surface area contributed by atoms with Crippen molar-refractivity contribution >= 4 is 17.2 Å². The summed E-state index contributed by atoms with van der Waals surface area (Å²) in [6.45, 7) is 1.24. The van der Waals surface area contributed by atoms with Crippen LogP contribution in [0, 0.1) is 5.82 Å². The summed E-state index contributed by atoms with van der Waals surface area (Å²) < 4.78 is 14.7. The molecule has 1 unspecified atom stereocenters. The number of carbonyl (C=O) groups excluding carboxylic acids is 1. The average molecular weight is 460 g/mol. The number of likely N-dealkylation sites (tertiary alicyclic amines) is 1. The van der Waals surface area contributed by atoms with Crippen LogP contribution < -0.4 is 0 Å². The third kappa shape index (κ3) is 4.66. The van der Waals surface area contributed by atoms with Crippen LogP contribution in [0.3, 0.4) is 0 Å². The molecule has 166 valence electrons. The van der Waals surface area contributed by atoms with Crippen molar-refractivity contribution in [2.24, 2.45) is 0 Å². The topological polar surface area (TPSA) is 71.9 Å². The van der Waals surface area contributed by atoms with Crippen LogP contribution in [-0.4, -0.2) is 43.8 Å². The summed E-state index contributed by atoms with van der Waals surface area (Å²) in [5, 5.41) is 1.90. The van der Waals surface area contributed by atoms with Crippen molar-refractivity contribution < 1.29 is 9.18 Å². The fourth-order valence-electron chi connectivity index (χ4n) is 4.25. The molecule has 1 amide bonds. The number of thiazole rings is 1. The fraction of sp³-hybridized carbons (Fsp3) is 0.240. The minimum atomic E-state index is -0.316. The van der Waals surface area contributed by atoms with Gasteiger partial charge in [-0.2, -0.15) is 0 Å². The maximum Gasteiger partial charge on any atom is 0.228 e. The van der Waals surface area contributed by atoms with Crippen LogP contribution in [0.5, 0.6) is 0 Å². The third-order valence-electron chi connectivity index (χ3n) is 5.88. The zero-order valence-corrected chi connectivity index (χ0v) is 18.7. The minimum Gasteiger partial charge on any atom is -0.342 e. The van der Waals surface area contributed by atoms with Gasteiger partial charge in [0.1, 0.15) is 5.82 Å². The van der Waals surface area contributed by atoms with E-state index in [1.165, 1.54) is 17.4 Å². The van der Waals surface area contributed by atoms with Gasteiger partial charge < -0.3 is 4.90 Å². The van der Waals surface area contributed by atoms with E-state index in [0.29, 0.717) is 36.5 Å². The van der Waals surface area contributed by atoms with Gasteiger partial charge in [0.05, 0.1) is 23.3 Å². The number of pyridine rings is 1. The molecule has 1 aliphatic rings. The summed E-state index contributed by atoms with van der Waals surface area (Å²) in [6.07, 6.45) is 7.12. The lowest BCUT2D eigenvalue weighted by Gasteiger charge is -2.33. The van der Waals surface area contributed by atoms with Crippen molar-refractivity contribution in [3.05, 3.63) is 83.1 Å². The molecule has 4 heterocycles. The van der Waals surface area contributed by atoms with Crippen LogP contribution in [0.1, 0.15) is 30.1 Å². The van der Waals surface area contributed by atoms with E-state index in [1.807, 2.05) is 28.5 Å². The quantitative estimate of drug-likeness (QED) is 0.431. The van der Waals surface area contributed by atoms with Crippen LogP contribution in [0.25, 0.3) is 22.5 Å². The lowest BCUT2D eigenvalue weighted by molar-refractivity contribution is -0.131. The largest absolute Gasteiger partial charge is 0.342 e. The van der Waals surface area contributed by atoms with Crippen molar-refractivity contribution in [2.75, 3.05) is 13.1 Å². The highest BCUT2D eigenvalue weighted by Gasteiger charge is 2.29. The molecule has 5 rings (SSSR count). The molecule has 0 spiro atoms. The van der Waals surface area contributed by atoms with Crippen LogP contribution >= 0.6 is 11.3 Å². The second-order valence-corrected chi connectivity index (χ2v) is 8.77. The summed E-state index contributed by atoms with van der Waals surface area (Å²) in [6, 6.07) is 10.4. The van der Waals surface area contributed by atoms with Crippen LogP contribution in [0.4, 0.5) is 4.39 Å². The molecule has 1 aromatic carbocycles. The highest BCUT2D eigenvalue weighted by Crippen LogP contribution is 2.35. The summed E-state index contributed by atoms with van der Waals surface area (Å²) in [4.78, 5) is 32.6. The monoisotopic (exact) mass is 459 g/mol. The first-order chi connectivity index (χ1) is 16.2. The number of benzene rings is 1. The number of hydrogen-bond donors (Lipinski definition) is 0. The Balaban J connectivity index is 1.50. The summed E-state index contributed by atoms with van der Waals surface area (Å²) >= 11 is 1.49. The van der Waals surface area contributed by atoms with E-state index in [0.717, 1.165) is 29.8 Å². The van der Waals surface area contributed by atoms with Gasteiger partial charge in [0.2, 0.25) is 5.91 Å². The smallest absolute Gasteiger partial charge is 0.228 e. The van der Waals surface area contributed by atoms with Crippen LogP contribution in [-0.2, 0) is 11.2 Å². The first-order valence-corrected chi connectivity index (χ1v) is 11.8. The van der Waals surface area contributed by atoms with E-state index in [2.05, 4.69) is 15.0 Å². The van der Waals surface area contributed by atoms with E-state index >= 15 is 0 Å². The van der Waals surface area contributed by atoms with Gasteiger partial charge in [0, 0.05) is 59.7 Å². The zero-order chi connectivity index (χ0) is 22.6. The number of carbonyl (C=O) groups is 1. The molecule has 1 aliphatic heterocycles. The van der Waals surface area contributed by atoms with Crippen molar-refractivity contribution in [1.29, 1.82) is 0 Å². The fourth-order valence-corrected chi connectivity index (χ4v) is 4.80. The van der Waals surface area contributed by atoms with Gasteiger partial charge in [-0.25, -0.2) is 19.3 Å². The maximum atomic E-state index is 14.7. The number of rotatable bonds is 5. The second-order valence-electron chi connectivity index (χ2n) is 8.05. The Morgan fingerprint density at radius 2 is 2.03 bits per heavy atom. The van der Waals surface area contributed by atoms with Gasteiger partial charge in [0.15, 0.2) is 5.82 Å². The molecule has 1 atom stereocenters. The average Bonchev–Trinajstić information content (AvgIpc) is 3.38. The van der Waals surface area contributed by atoms with Crippen LogP contribution in [0.2, 0.25) is 0 Å². The summed E-state index contributed by atoms with van der Waals surface area (Å²) in [5.41, 5.74) is 5.23. The number of halogens is 1. The molecule has 3 aromatic heterocycles. The van der Waals surface area contributed by atoms with Gasteiger partial charge in [-0.05, 0) is 31.0 Å². The number of nitrogens with zero attached hydrogens (tertiary/aromatic N) is 5. The molecule has 6 nitrogen and oxygen atoms in total. The SMILES string of the molecule is O=C(Cc1cscn1)N1CCCC(c2nc(-c3cccnc3)ncc2-c2ccccc2F)C1. The molecule has 0 bridgehead atoms. The molecule has 4 aromatic rings. The Kier molecular flexibility index (Phi) is 6.17. The van der Waals surface area contributed by atoms with Gasteiger partial charge in [-0.1, -0.05) is 18.2 Å². The second kappa shape index (κ2) is 9.54. The van der Waals surface area contributed by atoms with Crippen molar-refractivity contribution in [2.45, 2.75) is 25.2 Å². The predicted octanol–water partition coefficient (Wildman–Crippen LogP) is 4.75. The van der Waals surface area contributed by atoms with Crippen LogP contribution in [0.15, 0.2) is 65.9 Å². The number of aromatic nitrogens is 4. The third-order valence-corrected chi connectivity index (χ3v) is 6.51. The molecule has 8 heteroatoms. The Morgan fingerprint density at radius 1 is 1.12 bits per heavy atom. The van der Waals surface area contributed by atoms with Gasteiger partial charge in [0.25, 0.3) is 0 Å². The summed E-state index contributed by atoms with van der Waals surface area (Å²) in [7, 11) is 0. The highest BCUT2D eigenvalue weighted by molar-refractivity contribution is 7.07. The first kappa shape index (κ1) is 21.3. The lowest BCUT2D eigenvalue weighted by atomic mass is 9.89. The Morgan fingerprint density at radius 3 is 2.82 bits per heavy atom. The standard InChI is InChI=1S/C25H22FN5OS/c26-22-8-2-1-7-20(22)21-13-28-25(17-5-3-9-27-12-17)30-24(21)18-6-4-10-31(14-18)23(32)11-19-15-33-16-29-19/h1-3,5,7-9,12-13,15-16,18H,4,6,10-11,14H2. The van der Waals surface area contributed by atoms with E-state index in [-0.39, 0.29) is 17.6 Å². The predicted molar refractivity (Wildman–Crippen MR) is 125 cm³/mol. The molecule has 1 saturated heterocycles. The molecule has 0 radical (unpaired) electrons. The van der Waals surface area contributed by atoms with E-state index < -0.39 is 0 Å². The number of amides is 1. The van der Waals surface area contributed by atoms with Crippen molar-refractivity contribution in [3.8, 4) is 22.5 Å². The zero-order valence-electron chi connectivity index (χ0n) is 17.9. The summed E-state index contributed by atoms with van der Waals surface area (Å²) in [5.74, 6) is 0.263. The van der Waals surface area contributed by atoms with Crippen molar-refractivity contribution in [3.63, 3.8) is 0 Å². The first-order valence-electron chi connectivity index (χ1n) is 10.9. The molecule has 0 aliphatic carbocycles. The molecule has 33 heavy (non-hydrogen) atoms. The Labute approximate surface area is 195 Å². The van der Waals surface area contributed by atoms with E-state index in [9.17, 15) is 9.18 Å². The lowest BCUT2D eigenvalue weighted by Crippen LogP contribution is -2.40. The Hall–Kier alpha value is -3.52. The van der Waals surface area contributed by atoms with E-state index in [1.54, 1.807) is 36.2 Å². The van der Waals surface area contributed by atoms with Crippen molar-refractivity contribution in [1.82, 2.24) is 24.8 Å². The molecule has 1 fully saturated rings. The van der Waals surface area contributed by atoms with Gasteiger partial charge in [-0.3, -0.25) is 9.78 Å². The minimum absolute atomic E-state index is 0.0221. The molecular formula is C25H22FN5OS. The molecule has 0 saturated carbocycles. The maximum absolute atomic E-state index is 14.7. The van der Waals surface area contributed by atoms with Gasteiger partial charge >= 0.3 is 0 Å². The highest BCUT2D eigenvalue weighted by atomic mass is 32.1. The number of hydrogen-bond acceptors (Lipinski definition) is 6. The number of piperidine rings is 1. The molecule has 0 N–H and O–H groups in total.